The van der Waals surface area contributed by atoms with E-state index in [1.807, 2.05) is 0 Å². The van der Waals surface area contributed by atoms with Gasteiger partial charge in [-0.1, -0.05) is 29.8 Å². The number of benzene rings is 1. The third kappa shape index (κ3) is 7.53. The van der Waals surface area contributed by atoms with E-state index in [1.54, 1.807) is 12.1 Å². The number of hydrogen-bond acceptors (Lipinski definition) is 2. The molecule has 0 bridgehead atoms. The molecular weight excluding hydrogens is 309 g/mol. The first-order chi connectivity index (χ1) is 9.09. The van der Waals surface area contributed by atoms with E-state index < -0.39 is 0 Å². The maximum atomic E-state index is 13.4. The van der Waals surface area contributed by atoms with Crippen molar-refractivity contribution in [3.8, 4) is 5.75 Å². The summed E-state index contributed by atoms with van der Waals surface area (Å²) in [4.78, 5) is 0. The minimum Gasteiger partial charge on any atom is -0.491 e. The van der Waals surface area contributed by atoms with Crippen molar-refractivity contribution < 1.29 is 9.13 Å². The second-order valence-corrected chi connectivity index (χ2v) is 6.00. The first-order valence-electron chi connectivity index (χ1n) is 6.88. The standard InChI is InChI=1S/C15H23BrFNO/c1-12(2)11-18-8-4-3-5-9-19-15-7-6-13(16)10-14(15)17/h6-7,10,12,18H,3-5,8-9,11H2,1-2H3. The highest BCUT2D eigenvalue weighted by Gasteiger charge is 2.03. The van der Waals surface area contributed by atoms with E-state index >= 15 is 0 Å². The first kappa shape index (κ1) is 16.4. The van der Waals surface area contributed by atoms with E-state index in [2.05, 4.69) is 35.1 Å². The van der Waals surface area contributed by atoms with E-state index in [0.29, 0.717) is 18.3 Å². The Morgan fingerprint density at radius 1 is 1.26 bits per heavy atom. The van der Waals surface area contributed by atoms with Crippen LogP contribution < -0.4 is 10.1 Å². The maximum Gasteiger partial charge on any atom is 0.166 e. The van der Waals surface area contributed by atoms with Crippen molar-refractivity contribution in [3.63, 3.8) is 0 Å². The molecule has 1 aromatic carbocycles. The molecule has 0 amide bonds. The molecule has 0 unspecified atom stereocenters. The Morgan fingerprint density at radius 2 is 2.05 bits per heavy atom. The lowest BCUT2D eigenvalue weighted by Gasteiger charge is -2.08. The SMILES string of the molecule is CC(C)CNCCCCCOc1ccc(Br)cc1F. The number of halogens is 2. The van der Waals surface area contributed by atoms with Gasteiger partial charge in [-0.15, -0.1) is 0 Å². The molecular formula is C15H23BrFNO. The molecule has 1 N–H and O–H groups in total. The number of ether oxygens (including phenoxy) is 1. The van der Waals surface area contributed by atoms with Crippen LogP contribution in [0.1, 0.15) is 33.1 Å². The van der Waals surface area contributed by atoms with Gasteiger partial charge in [0, 0.05) is 4.47 Å². The molecule has 0 fully saturated rings. The second-order valence-electron chi connectivity index (χ2n) is 5.08. The van der Waals surface area contributed by atoms with Crippen LogP contribution in [0.5, 0.6) is 5.75 Å². The second kappa shape index (κ2) is 9.32. The van der Waals surface area contributed by atoms with Gasteiger partial charge in [-0.2, -0.15) is 0 Å². The Morgan fingerprint density at radius 3 is 2.74 bits per heavy atom. The topological polar surface area (TPSA) is 21.3 Å². The number of rotatable bonds is 9. The molecule has 1 aromatic rings. The molecule has 108 valence electrons. The van der Waals surface area contributed by atoms with Crippen molar-refractivity contribution in [3.05, 3.63) is 28.5 Å². The van der Waals surface area contributed by atoms with Crippen molar-refractivity contribution in [2.45, 2.75) is 33.1 Å². The fraction of sp³-hybridized carbons (Fsp3) is 0.600. The van der Waals surface area contributed by atoms with Gasteiger partial charge >= 0.3 is 0 Å². The predicted molar refractivity (Wildman–Crippen MR) is 81.2 cm³/mol. The molecule has 1 rings (SSSR count). The van der Waals surface area contributed by atoms with Crippen LogP contribution in [0.4, 0.5) is 4.39 Å². The van der Waals surface area contributed by atoms with E-state index in [1.165, 1.54) is 6.07 Å². The van der Waals surface area contributed by atoms with Gasteiger partial charge in [-0.25, -0.2) is 4.39 Å². The average Bonchev–Trinajstić information content (AvgIpc) is 2.34. The van der Waals surface area contributed by atoms with Crippen molar-refractivity contribution in [2.75, 3.05) is 19.7 Å². The Balaban J connectivity index is 2.04. The highest BCUT2D eigenvalue weighted by Crippen LogP contribution is 2.21. The zero-order valence-electron chi connectivity index (χ0n) is 11.7. The molecule has 0 heterocycles. The van der Waals surface area contributed by atoms with Crippen LogP contribution >= 0.6 is 15.9 Å². The quantitative estimate of drug-likeness (QED) is 0.678. The van der Waals surface area contributed by atoms with Crippen molar-refractivity contribution in [2.24, 2.45) is 5.92 Å². The van der Waals surface area contributed by atoms with Gasteiger partial charge in [0.05, 0.1) is 6.61 Å². The van der Waals surface area contributed by atoms with Gasteiger partial charge in [0.15, 0.2) is 11.6 Å². The molecule has 0 spiro atoms. The first-order valence-corrected chi connectivity index (χ1v) is 7.67. The van der Waals surface area contributed by atoms with E-state index in [9.17, 15) is 4.39 Å². The Kier molecular flexibility index (Phi) is 8.07. The molecule has 0 atom stereocenters. The van der Waals surface area contributed by atoms with Gasteiger partial charge in [0.25, 0.3) is 0 Å². The van der Waals surface area contributed by atoms with Crippen LogP contribution in [-0.2, 0) is 0 Å². The normalized spacial score (nSPS) is 11.0. The largest absolute Gasteiger partial charge is 0.491 e. The zero-order valence-corrected chi connectivity index (χ0v) is 13.3. The third-order valence-electron chi connectivity index (χ3n) is 2.70. The van der Waals surface area contributed by atoms with Crippen LogP contribution in [0.25, 0.3) is 0 Å². The number of hydrogen-bond donors (Lipinski definition) is 1. The summed E-state index contributed by atoms with van der Waals surface area (Å²) in [6, 6.07) is 4.86. The summed E-state index contributed by atoms with van der Waals surface area (Å²) in [5.41, 5.74) is 0. The molecule has 2 nitrogen and oxygen atoms in total. The maximum absolute atomic E-state index is 13.4. The van der Waals surface area contributed by atoms with Crippen LogP contribution in [0.15, 0.2) is 22.7 Å². The van der Waals surface area contributed by atoms with Crippen LogP contribution in [0.2, 0.25) is 0 Å². The van der Waals surface area contributed by atoms with Crippen LogP contribution in [0, 0.1) is 11.7 Å². The van der Waals surface area contributed by atoms with Gasteiger partial charge in [0.2, 0.25) is 0 Å². The summed E-state index contributed by atoms with van der Waals surface area (Å²) in [5.74, 6) is 0.720. The summed E-state index contributed by atoms with van der Waals surface area (Å²) in [6.45, 7) is 7.09. The Labute approximate surface area is 123 Å². The minimum atomic E-state index is -0.312. The van der Waals surface area contributed by atoms with Gasteiger partial charge in [0.1, 0.15) is 0 Å². The fourth-order valence-corrected chi connectivity index (χ4v) is 2.03. The molecule has 0 aliphatic rings. The smallest absolute Gasteiger partial charge is 0.166 e. The van der Waals surface area contributed by atoms with Gasteiger partial charge < -0.3 is 10.1 Å². The molecule has 4 heteroatoms. The highest BCUT2D eigenvalue weighted by atomic mass is 79.9. The van der Waals surface area contributed by atoms with Crippen LogP contribution in [-0.4, -0.2) is 19.7 Å². The number of unbranched alkanes of at least 4 members (excludes halogenated alkanes) is 2. The highest BCUT2D eigenvalue weighted by molar-refractivity contribution is 9.10. The summed E-state index contributed by atoms with van der Waals surface area (Å²) in [6.07, 6.45) is 3.20. The Bertz CT molecular complexity index is 371. The Hall–Kier alpha value is -0.610. The van der Waals surface area contributed by atoms with E-state index in [0.717, 1.165) is 36.8 Å². The molecule has 0 saturated carbocycles. The molecule has 0 aromatic heterocycles. The monoisotopic (exact) mass is 331 g/mol. The van der Waals surface area contributed by atoms with Crippen molar-refractivity contribution >= 4 is 15.9 Å². The van der Waals surface area contributed by atoms with Crippen LogP contribution in [0.3, 0.4) is 0 Å². The summed E-state index contributed by atoms with van der Waals surface area (Å²) >= 11 is 3.22. The molecule has 0 saturated heterocycles. The van der Waals surface area contributed by atoms with Crippen molar-refractivity contribution in [1.82, 2.24) is 5.32 Å². The molecule has 0 aliphatic heterocycles. The average molecular weight is 332 g/mol. The lowest BCUT2D eigenvalue weighted by molar-refractivity contribution is 0.290. The van der Waals surface area contributed by atoms with Crippen molar-refractivity contribution in [1.29, 1.82) is 0 Å². The predicted octanol–water partition coefficient (Wildman–Crippen LogP) is 4.38. The summed E-state index contributed by atoms with van der Waals surface area (Å²) in [7, 11) is 0. The van der Waals surface area contributed by atoms with E-state index in [-0.39, 0.29) is 5.82 Å². The van der Waals surface area contributed by atoms with Gasteiger partial charge in [-0.3, -0.25) is 0 Å². The van der Waals surface area contributed by atoms with E-state index in [4.69, 9.17) is 4.74 Å². The lowest BCUT2D eigenvalue weighted by Crippen LogP contribution is -2.20. The molecule has 19 heavy (non-hydrogen) atoms. The number of nitrogens with one attached hydrogen (secondary N) is 1. The molecule has 0 radical (unpaired) electrons. The molecule has 0 aliphatic carbocycles. The third-order valence-corrected chi connectivity index (χ3v) is 3.20. The lowest BCUT2D eigenvalue weighted by atomic mass is 10.2. The summed E-state index contributed by atoms with van der Waals surface area (Å²) in [5, 5.41) is 3.40. The zero-order chi connectivity index (χ0) is 14.1. The summed E-state index contributed by atoms with van der Waals surface area (Å²) < 4.78 is 19.6. The van der Waals surface area contributed by atoms with Gasteiger partial charge in [-0.05, 0) is 56.5 Å². The fourth-order valence-electron chi connectivity index (χ4n) is 1.69. The minimum absolute atomic E-state index is 0.312.